The van der Waals surface area contributed by atoms with E-state index in [1.54, 1.807) is 28.9 Å². The molecule has 2 aromatic heterocycles. The van der Waals surface area contributed by atoms with Crippen molar-refractivity contribution >= 4 is 22.9 Å². The molecule has 30 heavy (non-hydrogen) atoms. The third-order valence-corrected chi connectivity index (χ3v) is 4.61. The number of esters is 1. The predicted octanol–water partition coefficient (Wildman–Crippen LogP) is 2.93. The van der Waals surface area contributed by atoms with Gasteiger partial charge in [0.15, 0.2) is 6.10 Å². The summed E-state index contributed by atoms with van der Waals surface area (Å²) in [6, 6.07) is 18.2. The van der Waals surface area contributed by atoms with Crippen LogP contribution in [0.2, 0.25) is 0 Å². The number of hydrogen-bond acceptors (Lipinski definition) is 6. The fourth-order valence-electron chi connectivity index (χ4n) is 2.97. The molecule has 1 N–H and O–H groups in total. The Balaban J connectivity index is 1.33. The van der Waals surface area contributed by atoms with Gasteiger partial charge in [0, 0.05) is 0 Å². The van der Waals surface area contributed by atoms with E-state index >= 15 is 0 Å². The molecule has 1 amide bonds. The van der Waals surface area contributed by atoms with Gasteiger partial charge in [-0.25, -0.2) is 9.48 Å². The fourth-order valence-corrected chi connectivity index (χ4v) is 2.97. The summed E-state index contributed by atoms with van der Waals surface area (Å²) < 4.78 is 12.2. The average molecular weight is 404 g/mol. The Morgan fingerprint density at radius 2 is 1.90 bits per heavy atom. The number of benzene rings is 2. The fraction of sp³-hybridized carbons (Fsp3) is 0.182. The zero-order valence-electron chi connectivity index (χ0n) is 16.3. The molecule has 2 aromatic carbocycles. The molecule has 0 aliphatic rings. The summed E-state index contributed by atoms with van der Waals surface area (Å²) in [6.45, 7) is 2.29. The Kier molecular flexibility index (Phi) is 5.56. The molecule has 0 bridgehead atoms. The van der Waals surface area contributed by atoms with Gasteiger partial charge in [-0.05, 0) is 48.9 Å². The van der Waals surface area contributed by atoms with Crippen molar-refractivity contribution < 1.29 is 18.7 Å². The quantitative estimate of drug-likeness (QED) is 0.476. The number of fused-ring (bicyclic) bond motifs is 1. The zero-order chi connectivity index (χ0) is 20.9. The third-order valence-electron chi connectivity index (χ3n) is 4.61. The number of furan rings is 1. The highest BCUT2D eigenvalue weighted by Gasteiger charge is 2.19. The molecule has 2 heterocycles. The second-order valence-electron chi connectivity index (χ2n) is 6.78. The summed E-state index contributed by atoms with van der Waals surface area (Å²) >= 11 is 0. The van der Waals surface area contributed by atoms with Crippen molar-refractivity contribution in [1.82, 2.24) is 20.3 Å². The molecule has 8 heteroatoms. The maximum Gasteiger partial charge on any atom is 0.338 e. The van der Waals surface area contributed by atoms with Crippen molar-refractivity contribution in [1.29, 1.82) is 0 Å². The normalized spacial score (nSPS) is 11.9. The van der Waals surface area contributed by atoms with Gasteiger partial charge in [0.1, 0.15) is 11.3 Å². The number of amides is 1. The van der Waals surface area contributed by atoms with Crippen molar-refractivity contribution in [2.24, 2.45) is 0 Å². The first-order valence-corrected chi connectivity index (χ1v) is 9.48. The molecule has 0 aliphatic heterocycles. The predicted molar refractivity (Wildman–Crippen MR) is 109 cm³/mol. The monoisotopic (exact) mass is 404 g/mol. The Labute approximate surface area is 172 Å². The first kappa shape index (κ1) is 19.4. The van der Waals surface area contributed by atoms with Crippen LogP contribution in [-0.4, -0.2) is 33.0 Å². The zero-order valence-corrected chi connectivity index (χ0v) is 16.3. The molecule has 4 aromatic rings. The summed E-state index contributed by atoms with van der Waals surface area (Å²) in [4.78, 5) is 24.4. The number of aromatic nitrogens is 3. The van der Waals surface area contributed by atoms with Crippen molar-refractivity contribution in [2.45, 2.75) is 26.1 Å². The van der Waals surface area contributed by atoms with Crippen LogP contribution < -0.4 is 5.32 Å². The number of rotatable bonds is 7. The number of nitrogens with zero attached hydrogens (tertiary/aromatic N) is 3. The van der Waals surface area contributed by atoms with E-state index in [1.165, 1.54) is 13.2 Å². The molecule has 8 nitrogen and oxygen atoms in total. The van der Waals surface area contributed by atoms with Crippen molar-refractivity contribution in [3.05, 3.63) is 83.8 Å². The minimum Gasteiger partial charge on any atom is -0.467 e. The van der Waals surface area contributed by atoms with Crippen LogP contribution in [0.1, 0.15) is 28.6 Å². The topological polar surface area (TPSA) is 99.3 Å². The number of nitrogens with one attached hydrogen (secondary N) is 1. The van der Waals surface area contributed by atoms with Crippen LogP contribution in [-0.2, 0) is 22.6 Å². The Morgan fingerprint density at radius 1 is 1.10 bits per heavy atom. The molecule has 0 fully saturated rings. The largest absolute Gasteiger partial charge is 0.467 e. The molecular formula is C22H20N4O4. The standard InChI is InChI=1S/C22H20N4O4/c1-15(21(27)23-13-18-5-4-12-29-18)30-22(28)17-10-8-16(9-11-17)14-26-20-7-3-2-6-19(20)24-25-26/h2-12,15H,13-14H2,1H3,(H,23,27)/t15-/m0/s1. The van der Waals surface area contributed by atoms with Crippen LogP contribution in [0, 0.1) is 0 Å². The van der Waals surface area contributed by atoms with Gasteiger partial charge in [-0.15, -0.1) is 5.10 Å². The SMILES string of the molecule is C[C@H](OC(=O)c1ccc(Cn2nnc3ccccc32)cc1)C(=O)NCc1ccco1. The Hall–Kier alpha value is -3.94. The molecule has 0 saturated carbocycles. The van der Waals surface area contributed by atoms with Crippen molar-refractivity contribution in [3.8, 4) is 0 Å². The highest BCUT2D eigenvalue weighted by Crippen LogP contribution is 2.13. The van der Waals surface area contributed by atoms with Crippen LogP contribution >= 0.6 is 0 Å². The van der Waals surface area contributed by atoms with E-state index in [4.69, 9.17) is 9.15 Å². The molecular weight excluding hydrogens is 384 g/mol. The van der Waals surface area contributed by atoms with E-state index < -0.39 is 18.0 Å². The molecule has 4 rings (SSSR count). The number of carbonyl (C=O) groups excluding carboxylic acids is 2. The van der Waals surface area contributed by atoms with Crippen LogP contribution in [0.15, 0.2) is 71.3 Å². The highest BCUT2D eigenvalue weighted by molar-refractivity contribution is 5.92. The maximum atomic E-state index is 12.3. The minimum atomic E-state index is -0.923. The number of ether oxygens (including phenoxy) is 1. The van der Waals surface area contributed by atoms with Gasteiger partial charge >= 0.3 is 5.97 Å². The Morgan fingerprint density at radius 3 is 2.67 bits per heavy atom. The minimum absolute atomic E-state index is 0.236. The van der Waals surface area contributed by atoms with Crippen LogP contribution in [0.4, 0.5) is 0 Å². The maximum absolute atomic E-state index is 12.3. The lowest BCUT2D eigenvalue weighted by Gasteiger charge is -2.13. The smallest absolute Gasteiger partial charge is 0.338 e. The lowest BCUT2D eigenvalue weighted by molar-refractivity contribution is -0.129. The van der Waals surface area contributed by atoms with E-state index in [-0.39, 0.29) is 6.54 Å². The number of para-hydroxylation sites is 1. The average Bonchev–Trinajstić information content (AvgIpc) is 3.43. The number of carbonyl (C=O) groups is 2. The summed E-state index contributed by atoms with van der Waals surface area (Å²) in [5, 5.41) is 11.0. The second kappa shape index (κ2) is 8.60. The van der Waals surface area contributed by atoms with E-state index in [0.717, 1.165) is 16.6 Å². The van der Waals surface area contributed by atoms with Gasteiger partial charge in [-0.1, -0.05) is 29.5 Å². The summed E-state index contributed by atoms with van der Waals surface area (Å²) in [5.74, 6) is -0.333. The van der Waals surface area contributed by atoms with Gasteiger partial charge in [-0.3, -0.25) is 4.79 Å². The van der Waals surface area contributed by atoms with E-state index in [2.05, 4.69) is 15.6 Å². The molecule has 0 saturated heterocycles. The summed E-state index contributed by atoms with van der Waals surface area (Å²) in [7, 11) is 0. The highest BCUT2D eigenvalue weighted by atomic mass is 16.5. The van der Waals surface area contributed by atoms with Gasteiger partial charge in [-0.2, -0.15) is 0 Å². The first-order chi connectivity index (χ1) is 14.6. The van der Waals surface area contributed by atoms with Crippen LogP contribution in [0.5, 0.6) is 0 Å². The lowest BCUT2D eigenvalue weighted by atomic mass is 10.1. The molecule has 0 aliphatic carbocycles. The third kappa shape index (κ3) is 4.38. The molecule has 1 atom stereocenters. The lowest BCUT2D eigenvalue weighted by Crippen LogP contribution is -2.35. The van der Waals surface area contributed by atoms with E-state index in [0.29, 0.717) is 17.9 Å². The van der Waals surface area contributed by atoms with E-state index in [1.807, 2.05) is 36.4 Å². The van der Waals surface area contributed by atoms with Crippen LogP contribution in [0.25, 0.3) is 11.0 Å². The van der Waals surface area contributed by atoms with E-state index in [9.17, 15) is 9.59 Å². The van der Waals surface area contributed by atoms with Crippen LogP contribution in [0.3, 0.4) is 0 Å². The van der Waals surface area contributed by atoms with Gasteiger partial charge in [0.25, 0.3) is 5.91 Å². The number of hydrogen-bond donors (Lipinski definition) is 1. The first-order valence-electron chi connectivity index (χ1n) is 9.48. The summed E-state index contributed by atoms with van der Waals surface area (Å²) in [6.07, 6.45) is 0.605. The van der Waals surface area contributed by atoms with Crippen molar-refractivity contribution in [2.75, 3.05) is 0 Å². The van der Waals surface area contributed by atoms with Gasteiger partial charge in [0.05, 0.1) is 30.4 Å². The molecule has 0 unspecified atom stereocenters. The summed E-state index contributed by atoms with van der Waals surface area (Å²) in [5.41, 5.74) is 3.10. The molecule has 0 spiro atoms. The van der Waals surface area contributed by atoms with Crippen molar-refractivity contribution in [3.63, 3.8) is 0 Å². The molecule has 152 valence electrons. The van der Waals surface area contributed by atoms with Gasteiger partial charge in [0.2, 0.25) is 0 Å². The Bertz CT molecular complexity index is 1150. The second-order valence-corrected chi connectivity index (χ2v) is 6.78. The van der Waals surface area contributed by atoms with Gasteiger partial charge < -0.3 is 14.5 Å². The molecule has 0 radical (unpaired) electrons.